The average Bonchev–Trinajstić information content (AvgIpc) is 2.99. The van der Waals surface area contributed by atoms with E-state index in [-0.39, 0.29) is 18.9 Å². The van der Waals surface area contributed by atoms with Gasteiger partial charge in [-0.1, -0.05) is 60.7 Å². The number of likely N-dealkylation sites (N-methyl/N-ethyl adjacent to an activating group) is 3. The number of nitrogens with zero attached hydrogens (tertiary/aromatic N) is 2. The summed E-state index contributed by atoms with van der Waals surface area (Å²) in [4.78, 5) is 76.1. The topological polar surface area (TPSA) is 183 Å². The van der Waals surface area contributed by atoms with Gasteiger partial charge in [-0.15, -0.1) is 0 Å². The summed E-state index contributed by atoms with van der Waals surface area (Å²) in [5.41, 5.74) is 7.27. The van der Waals surface area contributed by atoms with Crippen LogP contribution in [0.15, 0.2) is 60.7 Å². The monoisotopic (exact) mass is 581 g/mol. The van der Waals surface area contributed by atoms with Gasteiger partial charge in [-0.2, -0.15) is 0 Å². The number of carbonyl (C=O) groups excluding carboxylic acids is 6. The molecule has 0 fully saturated rings. The van der Waals surface area contributed by atoms with E-state index in [0.29, 0.717) is 6.42 Å². The third kappa shape index (κ3) is 11.4. The van der Waals surface area contributed by atoms with E-state index >= 15 is 0 Å². The Bertz CT molecular complexity index is 1230. The number of nitrogens with two attached hydrogens (primary N) is 1. The molecular weight excluding hydrogens is 542 g/mol. The van der Waals surface area contributed by atoms with Crippen molar-refractivity contribution in [3.63, 3.8) is 0 Å². The van der Waals surface area contributed by atoms with Crippen molar-refractivity contribution in [2.45, 2.75) is 24.9 Å². The van der Waals surface area contributed by atoms with E-state index in [4.69, 9.17) is 5.73 Å². The molecule has 0 aromatic heterocycles. The molecule has 0 aliphatic heterocycles. The first-order valence-corrected chi connectivity index (χ1v) is 13.4. The Morgan fingerprint density at radius 3 is 1.69 bits per heavy atom. The van der Waals surface area contributed by atoms with Gasteiger partial charge in [0.2, 0.25) is 35.4 Å². The quantitative estimate of drug-likeness (QED) is 0.155. The van der Waals surface area contributed by atoms with Crippen LogP contribution in [-0.4, -0.2) is 105 Å². The van der Waals surface area contributed by atoms with E-state index in [2.05, 4.69) is 21.3 Å². The number of amides is 6. The SMILES string of the molecule is CN[C@@H](Cc1ccccc1)C(=O)N(C)CC(=O)NCC(=O)NCC(=O)NCC(=O)N(C)[C@@H](Cc1ccccc1)C(N)=O. The van der Waals surface area contributed by atoms with Gasteiger partial charge in [0.1, 0.15) is 6.04 Å². The van der Waals surface area contributed by atoms with Gasteiger partial charge in [-0.3, -0.25) is 28.8 Å². The molecule has 2 aromatic carbocycles. The fourth-order valence-corrected chi connectivity index (χ4v) is 4.00. The van der Waals surface area contributed by atoms with Crippen molar-refractivity contribution in [3.05, 3.63) is 71.8 Å². The molecule has 42 heavy (non-hydrogen) atoms. The molecule has 226 valence electrons. The highest BCUT2D eigenvalue weighted by molar-refractivity contribution is 5.92. The number of nitrogens with one attached hydrogen (secondary N) is 4. The van der Waals surface area contributed by atoms with Gasteiger partial charge in [-0.25, -0.2) is 0 Å². The van der Waals surface area contributed by atoms with Gasteiger partial charge in [-0.05, 0) is 24.6 Å². The standard InChI is InChI=1S/C29H39N7O6/c1-31-22(14-20-10-6-4-7-11-20)29(42)35(2)19-26(39)33-17-24(37)32-16-25(38)34-18-27(40)36(3)23(28(30)41)15-21-12-8-5-9-13-21/h4-13,22-23,31H,14-19H2,1-3H3,(H2,30,41)(H,32,37)(H,33,39)(H,34,38)/t22-,23-/m0/s1. The maximum atomic E-state index is 12.7. The van der Waals surface area contributed by atoms with Crippen LogP contribution < -0.4 is 27.0 Å². The van der Waals surface area contributed by atoms with Gasteiger partial charge in [0.25, 0.3) is 0 Å². The predicted molar refractivity (Wildman–Crippen MR) is 156 cm³/mol. The van der Waals surface area contributed by atoms with Crippen molar-refractivity contribution in [2.24, 2.45) is 5.73 Å². The summed E-state index contributed by atoms with van der Waals surface area (Å²) in [6, 6.07) is 17.1. The minimum atomic E-state index is -0.901. The smallest absolute Gasteiger partial charge is 0.242 e. The van der Waals surface area contributed by atoms with E-state index < -0.39 is 61.3 Å². The van der Waals surface area contributed by atoms with Crippen LogP contribution in [0, 0.1) is 0 Å². The van der Waals surface area contributed by atoms with E-state index in [9.17, 15) is 28.8 Å². The zero-order valence-electron chi connectivity index (χ0n) is 24.1. The molecular formula is C29H39N7O6. The number of hydrogen-bond acceptors (Lipinski definition) is 7. The molecule has 2 atom stereocenters. The number of carbonyl (C=O) groups is 6. The molecule has 0 aliphatic carbocycles. The second kappa shape index (κ2) is 17.1. The van der Waals surface area contributed by atoms with Crippen molar-refractivity contribution in [2.75, 3.05) is 47.3 Å². The van der Waals surface area contributed by atoms with Gasteiger partial charge in [0, 0.05) is 20.5 Å². The van der Waals surface area contributed by atoms with Crippen molar-refractivity contribution in [1.29, 1.82) is 0 Å². The molecule has 0 unspecified atom stereocenters. The first-order chi connectivity index (χ1) is 20.0. The fraction of sp³-hybridized carbons (Fsp3) is 0.379. The lowest BCUT2D eigenvalue weighted by Crippen LogP contribution is -2.51. The largest absolute Gasteiger partial charge is 0.368 e. The fourth-order valence-electron chi connectivity index (χ4n) is 4.00. The van der Waals surface area contributed by atoms with Crippen molar-refractivity contribution < 1.29 is 28.8 Å². The molecule has 0 aliphatic rings. The Kier molecular flexibility index (Phi) is 13.6. The molecule has 0 heterocycles. The highest BCUT2D eigenvalue weighted by Gasteiger charge is 2.26. The first kappa shape index (κ1) is 33.4. The van der Waals surface area contributed by atoms with E-state index in [1.807, 2.05) is 60.7 Å². The number of hydrogen-bond donors (Lipinski definition) is 5. The highest BCUT2D eigenvalue weighted by atomic mass is 16.2. The molecule has 6 amide bonds. The summed E-state index contributed by atoms with van der Waals surface area (Å²) in [7, 11) is 4.58. The minimum Gasteiger partial charge on any atom is -0.368 e. The van der Waals surface area contributed by atoms with Crippen molar-refractivity contribution >= 4 is 35.4 Å². The molecule has 0 saturated heterocycles. The maximum Gasteiger partial charge on any atom is 0.242 e. The lowest BCUT2D eigenvalue weighted by atomic mass is 10.0. The van der Waals surface area contributed by atoms with Gasteiger partial charge in [0.15, 0.2) is 0 Å². The van der Waals surface area contributed by atoms with Crippen LogP contribution in [-0.2, 0) is 41.6 Å². The number of primary amides is 1. The summed E-state index contributed by atoms with van der Waals surface area (Å²) in [6.07, 6.45) is 0.676. The van der Waals surface area contributed by atoms with Gasteiger partial charge >= 0.3 is 0 Å². The van der Waals surface area contributed by atoms with Crippen molar-refractivity contribution in [3.8, 4) is 0 Å². The lowest BCUT2D eigenvalue weighted by Gasteiger charge is -2.26. The third-order valence-electron chi connectivity index (χ3n) is 6.48. The second-order valence-corrected chi connectivity index (χ2v) is 9.67. The summed E-state index contributed by atoms with van der Waals surface area (Å²) < 4.78 is 0. The zero-order valence-corrected chi connectivity index (χ0v) is 24.1. The molecule has 0 bridgehead atoms. The Balaban J connectivity index is 1.70. The van der Waals surface area contributed by atoms with Crippen LogP contribution in [0.1, 0.15) is 11.1 Å². The molecule has 2 aromatic rings. The van der Waals surface area contributed by atoms with E-state index in [0.717, 1.165) is 11.1 Å². The van der Waals surface area contributed by atoms with Crippen LogP contribution in [0.3, 0.4) is 0 Å². The summed E-state index contributed by atoms with van der Waals surface area (Å²) >= 11 is 0. The maximum absolute atomic E-state index is 12.7. The minimum absolute atomic E-state index is 0.224. The summed E-state index contributed by atoms with van der Waals surface area (Å²) in [5, 5.41) is 10.1. The van der Waals surface area contributed by atoms with Crippen molar-refractivity contribution in [1.82, 2.24) is 31.1 Å². The normalized spacial score (nSPS) is 11.9. The Hall–Kier alpha value is -4.78. The second-order valence-electron chi connectivity index (χ2n) is 9.67. The van der Waals surface area contributed by atoms with Gasteiger partial charge in [0.05, 0.1) is 32.2 Å². The van der Waals surface area contributed by atoms with Crippen LogP contribution in [0.2, 0.25) is 0 Å². The average molecular weight is 582 g/mol. The molecule has 0 radical (unpaired) electrons. The number of rotatable bonds is 16. The van der Waals surface area contributed by atoms with Crippen LogP contribution in [0.25, 0.3) is 0 Å². The van der Waals surface area contributed by atoms with Crippen LogP contribution in [0.5, 0.6) is 0 Å². The Morgan fingerprint density at radius 2 is 1.19 bits per heavy atom. The molecule has 6 N–H and O–H groups in total. The number of benzene rings is 2. The van der Waals surface area contributed by atoms with E-state index in [1.54, 1.807) is 7.05 Å². The lowest BCUT2D eigenvalue weighted by molar-refractivity contribution is -0.138. The first-order valence-electron chi connectivity index (χ1n) is 13.4. The molecule has 13 heteroatoms. The summed E-state index contributed by atoms with van der Waals surface area (Å²) in [6.45, 7) is -1.50. The predicted octanol–water partition coefficient (Wildman–Crippen LogP) is -1.82. The van der Waals surface area contributed by atoms with Crippen LogP contribution >= 0.6 is 0 Å². The summed E-state index contributed by atoms with van der Waals surface area (Å²) in [5.74, 6) is -3.32. The Labute approximate surface area is 245 Å². The third-order valence-corrected chi connectivity index (χ3v) is 6.48. The molecule has 13 nitrogen and oxygen atoms in total. The molecule has 0 saturated carbocycles. The highest BCUT2D eigenvalue weighted by Crippen LogP contribution is 2.08. The van der Waals surface area contributed by atoms with E-state index in [1.165, 1.54) is 23.9 Å². The van der Waals surface area contributed by atoms with Crippen LogP contribution in [0.4, 0.5) is 0 Å². The zero-order chi connectivity index (χ0) is 31.1. The Morgan fingerprint density at radius 1 is 0.714 bits per heavy atom. The van der Waals surface area contributed by atoms with Gasteiger partial charge < -0.3 is 36.8 Å². The molecule has 0 spiro atoms. The molecule has 2 rings (SSSR count).